The summed E-state index contributed by atoms with van der Waals surface area (Å²) in [6.45, 7) is 6.24. The molecule has 1 aromatic rings. The number of ether oxygens (including phenoxy) is 2. The molecular weight excluding hydrogens is 230 g/mol. The molecule has 0 atom stereocenters. The Morgan fingerprint density at radius 2 is 2.00 bits per heavy atom. The molecule has 18 heavy (non-hydrogen) atoms. The fourth-order valence-electron chi connectivity index (χ4n) is 1.43. The van der Waals surface area contributed by atoms with Crippen LogP contribution < -0.4 is 10.5 Å². The van der Waals surface area contributed by atoms with E-state index >= 15 is 0 Å². The normalized spacial score (nSPS) is 9.89. The third kappa shape index (κ3) is 4.59. The molecule has 0 spiro atoms. The number of rotatable bonds is 7. The molecule has 4 heteroatoms. The van der Waals surface area contributed by atoms with Crippen molar-refractivity contribution in [1.82, 2.24) is 0 Å². The van der Waals surface area contributed by atoms with Crippen LogP contribution in [0.4, 0.5) is 0 Å². The summed E-state index contributed by atoms with van der Waals surface area (Å²) in [5, 5.41) is 0. The molecule has 0 aliphatic rings. The topological polar surface area (TPSA) is 61.5 Å². The molecule has 0 bridgehead atoms. The largest absolute Gasteiger partial charge is 0.460 e. The molecule has 0 saturated heterocycles. The van der Waals surface area contributed by atoms with Gasteiger partial charge in [-0.2, -0.15) is 0 Å². The predicted octanol–water partition coefficient (Wildman–Crippen LogP) is 2.03. The maximum Gasteiger partial charge on any atom is 0.373 e. The first-order chi connectivity index (χ1) is 8.67. The van der Waals surface area contributed by atoms with Gasteiger partial charge in [0.2, 0.25) is 5.76 Å². The summed E-state index contributed by atoms with van der Waals surface area (Å²) in [7, 11) is 0. The molecule has 1 rings (SSSR count). The highest BCUT2D eigenvalue weighted by molar-refractivity contribution is 5.86. The summed E-state index contributed by atoms with van der Waals surface area (Å²) in [4.78, 5) is 11.3. The summed E-state index contributed by atoms with van der Waals surface area (Å²) < 4.78 is 10.1. The van der Waals surface area contributed by atoms with E-state index in [9.17, 15) is 4.79 Å². The highest BCUT2D eigenvalue weighted by Gasteiger charge is 2.09. The first-order valence-electron chi connectivity index (χ1n) is 6.00. The van der Waals surface area contributed by atoms with Crippen molar-refractivity contribution in [3.8, 4) is 5.75 Å². The Morgan fingerprint density at radius 3 is 2.56 bits per heavy atom. The van der Waals surface area contributed by atoms with E-state index in [0.717, 1.165) is 12.8 Å². The molecule has 0 fully saturated rings. The van der Waals surface area contributed by atoms with Gasteiger partial charge < -0.3 is 15.2 Å². The number of nitrogens with two attached hydrogens (primary N) is 1. The van der Waals surface area contributed by atoms with Crippen molar-refractivity contribution in [2.75, 3.05) is 13.2 Å². The van der Waals surface area contributed by atoms with Crippen LogP contribution in [0.3, 0.4) is 0 Å². The van der Waals surface area contributed by atoms with Crippen molar-refractivity contribution in [2.24, 2.45) is 5.73 Å². The molecule has 2 N–H and O–H groups in total. The van der Waals surface area contributed by atoms with E-state index in [-0.39, 0.29) is 5.76 Å². The van der Waals surface area contributed by atoms with Crippen LogP contribution in [-0.2, 0) is 16.0 Å². The van der Waals surface area contributed by atoms with Gasteiger partial charge in [0.15, 0.2) is 0 Å². The van der Waals surface area contributed by atoms with Crippen LogP contribution in [0.15, 0.2) is 36.6 Å². The number of hydrogen-bond donors (Lipinski definition) is 1. The minimum Gasteiger partial charge on any atom is -0.460 e. The van der Waals surface area contributed by atoms with Gasteiger partial charge in [0, 0.05) is 0 Å². The lowest BCUT2D eigenvalue weighted by Crippen LogP contribution is -2.11. The number of benzene rings is 1. The second kappa shape index (κ2) is 7.50. The lowest BCUT2D eigenvalue weighted by atomic mass is 10.1. The lowest BCUT2D eigenvalue weighted by molar-refractivity contribution is -0.140. The summed E-state index contributed by atoms with van der Waals surface area (Å²) in [6.07, 6.45) is 1.89. The monoisotopic (exact) mass is 249 g/mol. The van der Waals surface area contributed by atoms with Gasteiger partial charge in [-0.25, -0.2) is 4.79 Å². The highest BCUT2D eigenvalue weighted by atomic mass is 16.6. The Kier molecular flexibility index (Phi) is 5.94. The van der Waals surface area contributed by atoms with Crippen LogP contribution in [0.5, 0.6) is 5.75 Å². The average molecular weight is 249 g/mol. The molecule has 0 aromatic heterocycles. The van der Waals surface area contributed by atoms with Crippen LogP contribution in [0.2, 0.25) is 0 Å². The van der Waals surface area contributed by atoms with Crippen molar-refractivity contribution in [3.63, 3.8) is 0 Å². The molecular formula is C14H19NO3. The Hall–Kier alpha value is -1.81. The third-order valence-corrected chi connectivity index (χ3v) is 2.34. The van der Waals surface area contributed by atoms with Gasteiger partial charge in [0.25, 0.3) is 0 Å². The fraction of sp³-hybridized carbons (Fsp3) is 0.357. The zero-order valence-electron chi connectivity index (χ0n) is 10.6. The van der Waals surface area contributed by atoms with Gasteiger partial charge in [-0.15, -0.1) is 0 Å². The van der Waals surface area contributed by atoms with Crippen LogP contribution in [0.1, 0.15) is 18.9 Å². The standard InChI is InChI=1S/C14H19NO3/c1-3-17-14(16)11(2)18-13-8-6-12(7-9-13)5-4-10-15/h6-9H,2-5,10,15H2,1H3. The van der Waals surface area contributed by atoms with Crippen LogP contribution >= 0.6 is 0 Å². The minimum atomic E-state index is -0.537. The van der Waals surface area contributed by atoms with E-state index in [4.69, 9.17) is 15.2 Å². The molecule has 98 valence electrons. The lowest BCUT2D eigenvalue weighted by Gasteiger charge is -2.08. The van der Waals surface area contributed by atoms with Gasteiger partial charge >= 0.3 is 5.97 Å². The number of carbonyl (C=O) groups is 1. The first kappa shape index (κ1) is 14.3. The molecule has 0 unspecified atom stereocenters. The van der Waals surface area contributed by atoms with Gasteiger partial charge in [0.1, 0.15) is 5.75 Å². The number of carbonyl (C=O) groups excluding carboxylic acids is 1. The third-order valence-electron chi connectivity index (χ3n) is 2.34. The maximum absolute atomic E-state index is 11.3. The second-order valence-electron chi connectivity index (χ2n) is 3.78. The number of esters is 1. The zero-order valence-corrected chi connectivity index (χ0v) is 10.6. The Morgan fingerprint density at radius 1 is 1.33 bits per heavy atom. The van der Waals surface area contributed by atoms with E-state index in [1.807, 2.05) is 12.1 Å². The predicted molar refractivity (Wildman–Crippen MR) is 70.2 cm³/mol. The van der Waals surface area contributed by atoms with E-state index in [0.29, 0.717) is 18.9 Å². The van der Waals surface area contributed by atoms with Crippen LogP contribution in [0, 0.1) is 0 Å². The molecule has 1 aromatic carbocycles. The number of aryl methyl sites for hydroxylation is 1. The smallest absolute Gasteiger partial charge is 0.373 e. The average Bonchev–Trinajstić information content (AvgIpc) is 2.38. The van der Waals surface area contributed by atoms with Crippen LogP contribution in [0.25, 0.3) is 0 Å². The quantitative estimate of drug-likeness (QED) is 0.456. The Balaban J connectivity index is 2.52. The van der Waals surface area contributed by atoms with E-state index in [1.165, 1.54) is 5.56 Å². The molecule has 4 nitrogen and oxygen atoms in total. The van der Waals surface area contributed by atoms with Crippen LogP contribution in [-0.4, -0.2) is 19.1 Å². The first-order valence-corrected chi connectivity index (χ1v) is 6.00. The molecule has 0 amide bonds. The van der Waals surface area contributed by atoms with Crippen molar-refractivity contribution >= 4 is 5.97 Å². The Labute approximate surface area is 107 Å². The SMILES string of the molecule is C=C(Oc1ccc(CCCN)cc1)C(=O)OCC. The minimum absolute atomic E-state index is 0.00782. The second-order valence-corrected chi connectivity index (χ2v) is 3.78. The number of hydrogen-bond acceptors (Lipinski definition) is 4. The van der Waals surface area contributed by atoms with E-state index in [1.54, 1.807) is 19.1 Å². The van der Waals surface area contributed by atoms with Crippen molar-refractivity contribution in [3.05, 3.63) is 42.2 Å². The van der Waals surface area contributed by atoms with Gasteiger partial charge in [0.05, 0.1) is 6.61 Å². The van der Waals surface area contributed by atoms with Crippen molar-refractivity contribution in [2.45, 2.75) is 19.8 Å². The van der Waals surface area contributed by atoms with Crippen molar-refractivity contribution < 1.29 is 14.3 Å². The zero-order chi connectivity index (χ0) is 13.4. The summed E-state index contributed by atoms with van der Waals surface area (Å²) >= 11 is 0. The van der Waals surface area contributed by atoms with Gasteiger partial charge in [-0.05, 0) is 50.6 Å². The summed E-state index contributed by atoms with van der Waals surface area (Å²) in [5.74, 6) is 0.0285. The fourth-order valence-corrected chi connectivity index (χ4v) is 1.43. The van der Waals surface area contributed by atoms with Crippen molar-refractivity contribution in [1.29, 1.82) is 0 Å². The van der Waals surface area contributed by atoms with Gasteiger partial charge in [-0.3, -0.25) is 0 Å². The Bertz CT molecular complexity index is 398. The van der Waals surface area contributed by atoms with E-state index in [2.05, 4.69) is 6.58 Å². The van der Waals surface area contributed by atoms with E-state index < -0.39 is 5.97 Å². The molecule has 0 aliphatic carbocycles. The molecule has 0 saturated carbocycles. The summed E-state index contributed by atoms with van der Waals surface area (Å²) in [6, 6.07) is 7.50. The van der Waals surface area contributed by atoms with Gasteiger partial charge in [-0.1, -0.05) is 12.1 Å². The molecule has 0 radical (unpaired) electrons. The molecule has 0 aliphatic heterocycles. The summed E-state index contributed by atoms with van der Waals surface area (Å²) in [5.41, 5.74) is 6.64. The molecule has 0 heterocycles. The maximum atomic E-state index is 11.3. The highest BCUT2D eigenvalue weighted by Crippen LogP contribution is 2.16.